The van der Waals surface area contributed by atoms with Gasteiger partial charge in [0.15, 0.2) is 0 Å². The molecule has 0 radical (unpaired) electrons. The normalized spacial score (nSPS) is 10.5. The second kappa shape index (κ2) is 7.64. The van der Waals surface area contributed by atoms with Crippen LogP contribution in [0.15, 0.2) is 18.2 Å². The number of hydrogen-bond donors (Lipinski definition) is 2. The lowest BCUT2D eigenvalue weighted by molar-refractivity contribution is 0.0696. The summed E-state index contributed by atoms with van der Waals surface area (Å²) in [5.74, 6) is -0.997. The zero-order chi connectivity index (χ0) is 16.0. The molecule has 0 unspecified atom stereocenters. The number of nitrogens with one attached hydrogen (secondary N) is 1. The Labute approximate surface area is 125 Å². The maximum absolute atomic E-state index is 12.0. The SMILES string of the molecule is Cc1ccc(NC(=O)N(C)CCCN(C)C)cc1C(=O)O. The molecular formula is C15H23N3O3. The minimum Gasteiger partial charge on any atom is -0.478 e. The van der Waals surface area contributed by atoms with Gasteiger partial charge in [-0.2, -0.15) is 0 Å². The lowest BCUT2D eigenvalue weighted by atomic mass is 10.1. The molecule has 2 N–H and O–H groups in total. The van der Waals surface area contributed by atoms with E-state index in [1.165, 1.54) is 6.07 Å². The maximum atomic E-state index is 12.0. The van der Waals surface area contributed by atoms with Crippen LogP contribution in [-0.2, 0) is 0 Å². The van der Waals surface area contributed by atoms with Crippen molar-refractivity contribution in [2.75, 3.05) is 39.5 Å². The number of benzene rings is 1. The summed E-state index contributed by atoms with van der Waals surface area (Å²) in [6.45, 7) is 3.27. The van der Waals surface area contributed by atoms with Crippen LogP contribution < -0.4 is 5.32 Å². The van der Waals surface area contributed by atoms with Gasteiger partial charge in [-0.15, -0.1) is 0 Å². The molecule has 1 aromatic carbocycles. The largest absolute Gasteiger partial charge is 0.478 e. The highest BCUT2D eigenvalue weighted by Crippen LogP contribution is 2.15. The molecule has 0 atom stereocenters. The Kier molecular flexibility index (Phi) is 6.17. The van der Waals surface area contributed by atoms with Crippen molar-refractivity contribution in [2.45, 2.75) is 13.3 Å². The van der Waals surface area contributed by atoms with Crippen LogP contribution in [0.25, 0.3) is 0 Å². The highest BCUT2D eigenvalue weighted by atomic mass is 16.4. The van der Waals surface area contributed by atoms with Crippen LogP contribution in [0.4, 0.5) is 10.5 Å². The zero-order valence-corrected chi connectivity index (χ0v) is 13.0. The highest BCUT2D eigenvalue weighted by Gasteiger charge is 2.12. The van der Waals surface area contributed by atoms with Gasteiger partial charge in [0.2, 0.25) is 0 Å². The van der Waals surface area contributed by atoms with Gasteiger partial charge in [-0.3, -0.25) is 0 Å². The molecule has 1 aromatic rings. The molecule has 0 bridgehead atoms. The molecule has 0 aliphatic heterocycles. The van der Waals surface area contributed by atoms with E-state index in [0.717, 1.165) is 13.0 Å². The number of hydrogen-bond acceptors (Lipinski definition) is 3. The van der Waals surface area contributed by atoms with E-state index in [0.29, 0.717) is 17.8 Å². The smallest absolute Gasteiger partial charge is 0.336 e. The van der Waals surface area contributed by atoms with E-state index < -0.39 is 5.97 Å². The molecule has 0 saturated carbocycles. The zero-order valence-electron chi connectivity index (χ0n) is 13.0. The summed E-state index contributed by atoms with van der Waals surface area (Å²) < 4.78 is 0. The molecule has 6 nitrogen and oxygen atoms in total. The summed E-state index contributed by atoms with van der Waals surface area (Å²) in [6, 6.07) is 4.62. The number of carboxylic acids is 1. The number of anilines is 1. The van der Waals surface area contributed by atoms with E-state index in [-0.39, 0.29) is 11.6 Å². The molecule has 0 heterocycles. The number of aromatic carboxylic acids is 1. The summed E-state index contributed by atoms with van der Waals surface area (Å²) >= 11 is 0. The topological polar surface area (TPSA) is 72.9 Å². The Morgan fingerprint density at radius 2 is 1.86 bits per heavy atom. The lowest BCUT2D eigenvalue weighted by Crippen LogP contribution is -2.33. The van der Waals surface area contributed by atoms with Gasteiger partial charge in [0.25, 0.3) is 0 Å². The second-order valence-corrected chi connectivity index (χ2v) is 5.34. The van der Waals surface area contributed by atoms with Crippen LogP contribution in [0.3, 0.4) is 0 Å². The van der Waals surface area contributed by atoms with Crippen molar-refractivity contribution in [3.63, 3.8) is 0 Å². The first-order valence-electron chi connectivity index (χ1n) is 6.82. The molecule has 0 aliphatic rings. The van der Waals surface area contributed by atoms with Gasteiger partial charge in [-0.25, -0.2) is 9.59 Å². The van der Waals surface area contributed by atoms with Gasteiger partial charge in [-0.1, -0.05) is 6.07 Å². The van der Waals surface area contributed by atoms with Crippen molar-refractivity contribution in [3.05, 3.63) is 29.3 Å². The van der Waals surface area contributed by atoms with E-state index in [2.05, 4.69) is 10.2 Å². The summed E-state index contributed by atoms with van der Waals surface area (Å²) in [5, 5.41) is 11.8. The fourth-order valence-electron chi connectivity index (χ4n) is 1.87. The van der Waals surface area contributed by atoms with Crippen molar-refractivity contribution in [1.29, 1.82) is 0 Å². The van der Waals surface area contributed by atoms with Crippen molar-refractivity contribution < 1.29 is 14.7 Å². The number of urea groups is 1. The minimum absolute atomic E-state index is 0.197. The summed E-state index contributed by atoms with van der Waals surface area (Å²) in [7, 11) is 5.69. The Balaban J connectivity index is 2.62. The number of rotatable bonds is 6. The first-order valence-corrected chi connectivity index (χ1v) is 6.82. The monoisotopic (exact) mass is 293 g/mol. The minimum atomic E-state index is -0.997. The molecule has 1 rings (SSSR count). The number of amides is 2. The van der Waals surface area contributed by atoms with Gasteiger partial charge < -0.3 is 20.2 Å². The summed E-state index contributed by atoms with van der Waals surface area (Å²) in [5.41, 5.74) is 1.35. The van der Waals surface area contributed by atoms with E-state index >= 15 is 0 Å². The third kappa shape index (κ3) is 5.43. The number of nitrogens with zero attached hydrogens (tertiary/aromatic N) is 2. The van der Waals surface area contributed by atoms with Gasteiger partial charge >= 0.3 is 12.0 Å². The first kappa shape index (κ1) is 17.0. The Morgan fingerprint density at radius 3 is 2.43 bits per heavy atom. The molecule has 0 fully saturated rings. The fraction of sp³-hybridized carbons (Fsp3) is 0.467. The number of aryl methyl sites for hydroxylation is 1. The summed E-state index contributed by atoms with van der Waals surface area (Å²) in [4.78, 5) is 26.7. The van der Waals surface area contributed by atoms with Gasteiger partial charge in [0, 0.05) is 19.3 Å². The highest BCUT2D eigenvalue weighted by molar-refractivity contribution is 5.94. The molecule has 116 valence electrons. The van der Waals surface area contributed by atoms with Gasteiger partial charge in [0.05, 0.1) is 5.56 Å². The predicted octanol–water partition coefficient (Wildman–Crippen LogP) is 2.11. The van der Waals surface area contributed by atoms with Crippen LogP contribution >= 0.6 is 0 Å². The third-order valence-corrected chi connectivity index (χ3v) is 3.16. The van der Waals surface area contributed by atoms with Crippen LogP contribution in [0, 0.1) is 6.92 Å². The summed E-state index contributed by atoms with van der Waals surface area (Å²) in [6.07, 6.45) is 0.880. The van der Waals surface area contributed by atoms with E-state index in [1.807, 2.05) is 14.1 Å². The number of carbonyl (C=O) groups is 2. The Hall–Kier alpha value is -2.08. The van der Waals surface area contributed by atoms with Crippen molar-refractivity contribution in [3.8, 4) is 0 Å². The Morgan fingerprint density at radius 1 is 1.19 bits per heavy atom. The molecule has 0 aliphatic carbocycles. The number of carbonyl (C=O) groups excluding carboxylic acids is 1. The standard InChI is InChI=1S/C15H23N3O3/c1-11-6-7-12(10-13(11)14(19)20)16-15(21)18(4)9-5-8-17(2)3/h6-7,10H,5,8-9H2,1-4H3,(H,16,21)(H,19,20). The van der Waals surface area contributed by atoms with Crippen LogP contribution in [0.1, 0.15) is 22.3 Å². The average Bonchev–Trinajstić information content (AvgIpc) is 2.40. The Bertz CT molecular complexity index is 515. The molecule has 21 heavy (non-hydrogen) atoms. The van der Waals surface area contributed by atoms with Crippen LogP contribution in [-0.4, -0.2) is 61.1 Å². The molecule has 0 saturated heterocycles. The average molecular weight is 293 g/mol. The first-order chi connectivity index (χ1) is 9.81. The maximum Gasteiger partial charge on any atom is 0.336 e. The van der Waals surface area contributed by atoms with Crippen molar-refractivity contribution >= 4 is 17.7 Å². The van der Waals surface area contributed by atoms with E-state index in [4.69, 9.17) is 5.11 Å². The van der Waals surface area contributed by atoms with Crippen LogP contribution in [0.2, 0.25) is 0 Å². The fourth-order valence-corrected chi connectivity index (χ4v) is 1.87. The van der Waals surface area contributed by atoms with E-state index in [1.54, 1.807) is 31.0 Å². The van der Waals surface area contributed by atoms with Crippen LogP contribution in [0.5, 0.6) is 0 Å². The lowest BCUT2D eigenvalue weighted by Gasteiger charge is -2.19. The molecule has 0 spiro atoms. The molecular weight excluding hydrogens is 270 g/mol. The number of carboxylic acid groups (broad SMARTS) is 1. The van der Waals surface area contributed by atoms with Gasteiger partial charge in [-0.05, 0) is 51.7 Å². The quantitative estimate of drug-likeness (QED) is 0.842. The molecule has 0 aromatic heterocycles. The predicted molar refractivity (Wildman–Crippen MR) is 83.0 cm³/mol. The van der Waals surface area contributed by atoms with Crippen molar-refractivity contribution in [2.24, 2.45) is 0 Å². The molecule has 6 heteroatoms. The third-order valence-electron chi connectivity index (χ3n) is 3.16. The van der Waals surface area contributed by atoms with E-state index in [9.17, 15) is 9.59 Å². The second-order valence-electron chi connectivity index (χ2n) is 5.34. The van der Waals surface area contributed by atoms with Crippen molar-refractivity contribution in [1.82, 2.24) is 9.80 Å². The molecule has 2 amide bonds. The van der Waals surface area contributed by atoms with Gasteiger partial charge in [0.1, 0.15) is 0 Å².